The highest BCUT2D eigenvalue weighted by atomic mass is 32.2. The van der Waals surface area contributed by atoms with Gasteiger partial charge >= 0.3 is 0 Å². The van der Waals surface area contributed by atoms with Crippen molar-refractivity contribution in [1.29, 1.82) is 0 Å². The first-order chi connectivity index (χ1) is 9.94. The van der Waals surface area contributed by atoms with Gasteiger partial charge in [-0.15, -0.1) is 10.2 Å². The van der Waals surface area contributed by atoms with Gasteiger partial charge in [-0.3, -0.25) is 0 Å². The molecule has 0 amide bonds. The van der Waals surface area contributed by atoms with Crippen LogP contribution in [-0.4, -0.2) is 32.6 Å². The molecule has 2 fully saturated rings. The largest absolute Gasteiger partial charge is 0.308 e. The molecule has 1 aromatic rings. The number of nitrogens with zero attached hydrogens (tertiary/aromatic N) is 3. The summed E-state index contributed by atoms with van der Waals surface area (Å²) in [6, 6.07) is 0.666. The second-order valence-electron chi connectivity index (χ2n) is 7.36. The molecule has 0 bridgehead atoms. The Labute approximate surface area is 131 Å². The third-order valence-electron chi connectivity index (χ3n) is 3.82. The van der Waals surface area contributed by atoms with Gasteiger partial charge in [0.2, 0.25) is 0 Å². The fourth-order valence-electron chi connectivity index (χ4n) is 2.29. The van der Waals surface area contributed by atoms with Crippen LogP contribution in [0.15, 0.2) is 17.3 Å². The molecule has 0 spiro atoms. The summed E-state index contributed by atoms with van der Waals surface area (Å²) in [5.74, 6) is 2.83. The summed E-state index contributed by atoms with van der Waals surface area (Å²) in [5, 5.41) is 13.5. The Hall–Kier alpha value is -0.810. The molecule has 1 N–H and O–H groups in total. The lowest BCUT2D eigenvalue weighted by Crippen LogP contribution is -2.37. The van der Waals surface area contributed by atoms with Gasteiger partial charge in [0.25, 0.3) is 0 Å². The first kappa shape index (κ1) is 15.1. The summed E-state index contributed by atoms with van der Waals surface area (Å²) >= 11 is 1.79. The molecule has 1 heterocycles. The molecule has 2 saturated carbocycles. The van der Waals surface area contributed by atoms with Gasteiger partial charge in [-0.2, -0.15) is 0 Å². The van der Waals surface area contributed by atoms with Gasteiger partial charge in [-0.25, -0.2) is 0 Å². The molecule has 21 heavy (non-hydrogen) atoms. The summed E-state index contributed by atoms with van der Waals surface area (Å²) in [6.45, 7) is 11.6. The summed E-state index contributed by atoms with van der Waals surface area (Å²) in [5.41, 5.74) is 1.36. The molecule has 0 aromatic carbocycles. The van der Waals surface area contributed by atoms with Crippen LogP contribution in [0.5, 0.6) is 0 Å². The number of hydrogen-bond acceptors (Lipinski definition) is 4. The SMILES string of the molecule is C=C(CNC(C)(C)C)CSc1nnc(C2CC2)n1C1CC1. The van der Waals surface area contributed by atoms with Crippen molar-refractivity contribution < 1.29 is 0 Å². The summed E-state index contributed by atoms with van der Waals surface area (Å²) in [4.78, 5) is 0. The highest BCUT2D eigenvalue weighted by molar-refractivity contribution is 7.99. The molecule has 2 aliphatic carbocycles. The van der Waals surface area contributed by atoms with Crippen molar-refractivity contribution in [3.05, 3.63) is 18.0 Å². The van der Waals surface area contributed by atoms with Gasteiger partial charge in [-0.05, 0) is 46.5 Å². The molecule has 2 aliphatic rings. The third kappa shape index (κ3) is 4.10. The van der Waals surface area contributed by atoms with Crippen LogP contribution in [0.3, 0.4) is 0 Å². The van der Waals surface area contributed by atoms with E-state index in [9.17, 15) is 0 Å². The van der Waals surface area contributed by atoms with Crippen LogP contribution in [0.25, 0.3) is 0 Å². The highest BCUT2D eigenvalue weighted by Crippen LogP contribution is 2.46. The van der Waals surface area contributed by atoms with Gasteiger partial charge in [0.15, 0.2) is 5.16 Å². The van der Waals surface area contributed by atoms with Crippen LogP contribution in [0, 0.1) is 0 Å². The number of nitrogens with one attached hydrogen (secondary N) is 1. The van der Waals surface area contributed by atoms with Gasteiger partial charge in [0.05, 0.1) is 0 Å². The molecule has 4 nitrogen and oxygen atoms in total. The van der Waals surface area contributed by atoms with E-state index in [1.807, 2.05) is 0 Å². The van der Waals surface area contributed by atoms with E-state index in [0.29, 0.717) is 12.0 Å². The van der Waals surface area contributed by atoms with Crippen molar-refractivity contribution in [3.63, 3.8) is 0 Å². The minimum Gasteiger partial charge on any atom is -0.308 e. The molecular formula is C16H26N4S. The Morgan fingerprint density at radius 1 is 1.29 bits per heavy atom. The molecule has 0 aliphatic heterocycles. The maximum Gasteiger partial charge on any atom is 0.191 e. The van der Waals surface area contributed by atoms with Crippen molar-refractivity contribution in [2.75, 3.05) is 12.3 Å². The average molecular weight is 306 g/mol. The molecule has 116 valence electrons. The Balaban J connectivity index is 1.56. The second kappa shape index (κ2) is 5.76. The second-order valence-corrected chi connectivity index (χ2v) is 8.30. The van der Waals surface area contributed by atoms with Gasteiger partial charge in [0.1, 0.15) is 5.82 Å². The first-order valence-electron chi connectivity index (χ1n) is 7.93. The molecule has 0 unspecified atom stereocenters. The zero-order valence-corrected chi connectivity index (χ0v) is 14.2. The van der Waals surface area contributed by atoms with Gasteiger partial charge < -0.3 is 9.88 Å². The van der Waals surface area contributed by atoms with Crippen molar-refractivity contribution in [1.82, 2.24) is 20.1 Å². The zero-order chi connectivity index (χ0) is 15.0. The average Bonchev–Trinajstić information content (AvgIpc) is 3.31. The fourth-order valence-corrected chi connectivity index (χ4v) is 3.21. The van der Waals surface area contributed by atoms with Crippen LogP contribution in [0.1, 0.15) is 64.2 Å². The monoisotopic (exact) mass is 306 g/mol. The van der Waals surface area contributed by atoms with Gasteiger partial charge in [-0.1, -0.05) is 23.9 Å². The lowest BCUT2D eigenvalue weighted by molar-refractivity contribution is 0.445. The van der Waals surface area contributed by atoms with Crippen LogP contribution in [0.4, 0.5) is 0 Å². The van der Waals surface area contributed by atoms with E-state index in [1.165, 1.54) is 37.1 Å². The van der Waals surface area contributed by atoms with E-state index in [4.69, 9.17) is 0 Å². The molecule has 1 aromatic heterocycles. The number of aromatic nitrogens is 3. The lowest BCUT2D eigenvalue weighted by atomic mass is 10.1. The predicted molar refractivity (Wildman–Crippen MR) is 87.9 cm³/mol. The highest BCUT2D eigenvalue weighted by Gasteiger charge is 2.36. The van der Waals surface area contributed by atoms with Crippen molar-refractivity contribution in [2.45, 2.75) is 69.1 Å². The Morgan fingerprint density at radius 3 is 2.57 bits per heavy atom. The van der Waals surface area contributed by atoms with Crippen LogP contribution >= 0.6 is 11.8 Å². The maximum absolute atomic E-state index is 4.45. The normalized spacial score (nSPS) is 19.0. The van der Waals surface area contributed by atoms with Crippen molar-refractivity contribution >= 4 is 11.8 Å². The molecule has 3 rings (SSSR count). The van der Waals surface area contributed by atoms with E-state index in [-0.39, 0.29) is 5.54 Å². The predicted octanol–water partition coefficient (Wildman–Crippen LogP) is 3.53. The zero-order valence-electron chi connectivity index (χ0n) is 13.4. The minimum atomic E-state index is 0.140. The van der Waals surface area contributed by atoms with E-state index < -0.39 is 0 Å². The molecule has 0 saturated heterocycles. The Morgan fingerprint density at radius 2 is 2.00 bits per heavy atom. The summed E-state index contributed by atoms with van der Waals surface area (Å²) in [6.07, 6.45) is 5.16. The summed E-state index contributed by atoms with van der Waals surface area (Å²) < 4.78 is 2.41. The Bertz CT molecular complexity index is 521. The standard InChI is InChI=1S/C16H26N4S/c1-11(9-17-16(2,3)4)10-21-15-19-18-14(12-5-6-12)20(15)13-7-8-13/h12-13,17H,1,5-10H2,2-4H3. The number of rotatable bonds is 7. The van der Waals surface area contributed by atoms with Gasteiger partial charge in [0, 0.05) is 29.8 Å². The van der Waals surface area contributed by atoms with E-state index in [0.717, 1.165) is 17.5 Å². The maximum atomic E-state index is 4.45. The van der Waals surface area contributed by atoms with Crippen LogP contribution in [0.2, 0.25) is 0 Å². The smallest absolute Gasteiger partial charge is 0.191 e. The van der Waals surface area contributed by atoms with Crippen molar-refractivity contribution in [2.24, 2.45) is 0 Å². The number of hydrogen-bond donors (Lipinski definition) is 1. The van der Waals surface area contributed by atoms with E-state index >= 15 is 0 Å². The van der Waals surface area contributed by atoms with Crippen LogP contribution in [-0.2, 0) is 0 Å². The quantitative estimate of drug-likeness (QED) is 0.618. The van der Waals surface area contributed by atoms with E-state index in [1.54, 1.807) is 11.8 Å². The molecule has 5 heteroatoms. The van der Waals surface area contributed by atoms with Crippen molar-refractivity contribution in [3.8, 4) is 0 Å². The molecule has 0 atom stereocenters. The minimum absolute atomic E-state index is 0.140. The lowest BCUT2D eigenvalue weighted by Gasteiger charge is -2.21. The number of thioether (sulfide) groups is 1. The molecular weight excluding hydrogens is 280 g/mol. The summed E-state index contributed by atoms with van der Waals surface area (Å²) in [7, 11) is 0. The van der Waals surface area contributed by atoms with E-state index in [2.05, 4.69) is 47.4 Å². The topological polar surface area (TPSA) is 42.7 Å². The Kier molecular flexibility index (Phi) is 4.14. The fraction of sp³-hybridized carbons (Fsp3) is 0.750. The molecule has 0 radical (unpaired) electrons. The third-order valence-corrected chi connectivity index (χ3v) is 4.91. The first-order valence-corrected chi connectivity index (χ1v) is 8.92. The van der Waals surface area contributed by atoms with Crippen LogP contribution < -0.4 is 5.32 Å².